The van der Waals surface area contributed by atoms with Gasteiger partial charge in [0.25, 0.3) is 5.69 Å². The lowest BCUT2D eigenvalue weighted by molar-refractivity contribution is -0.384. The van der Waals surface area contributed by atoms with Gasteiger partial charge in [-0.15, -0.1) is 0 Å². The van der Waals surface area contributed by atoms with Gasteiger partial charge in [0.05, 0.1) is 4.92 Å². The highest BCUT2D eigenvalue weighted by molar-refractivity contribution is 14.1. The van der Waals surface area contributed by atoms with E-state index >= 15 is 0 Å². The molecule has 0 unspecified atom stereocenters. The quantitative estimate of drug-likeness (QED) is 0.361. The summed E-state index contributed by atoms with van der Waals surface area (Å²) in [5.74, 6) is 0. The van der Waals surface area contributed by atoms with Gasteiger partial charge in [-0.1, -0.05) is 28.7 Å². The number of non-ortho nitro benzene ring substituents is 1. The zero-order valence-corrected chi connectivity index (χ0v) is 8.74. The van der Waals surface area contributed by atoms with Crippen molar-refractivity contribution in [1.82, 2.24) is 0 Å². The molecule has 0 saturated carbocycles. The number of nitro groups is 1. The third kappa shape index (κ3) is 1.94. The second kappa shape index (κ2) is 3.84. The van der Waals surface area contributed by atoms with Crippen molar-refractivity contribution in [3.8, 4) is 0 Å². The molecule has 1 aromatic rings. The zero-order valence-electron chi connectivity index (χ0n) is 6.58. The summed E-state index contributed by atoms with van der Waals surface area (Å²) in [5.41, 5.74) is 2.31. The summed E-state index contributed by atoms with van der Waals surface area (Å²) in [7, 11) is 0. The summed E-state index contributed by atoms with van der Waals surface area (Å²) in [6.45, 7) is 1.96. The van der Waals surface area contributed by atoms with E-state index in [0.717, 1.165) is 15.6 Å². The van der Waals surface area contributed by atoms with E-state index in [-0.39, 0.29) is 10.6 Å². The Morgan fingerprint density at radius 1 is 1.58 bits per heavy atom. The van der Waals surface area contributed by atoms with E-state index in [0.29, 0.717) is 0 Å². The number of halogens is 1. The zero-order chi connectivity index (χ0) is 9.14. The van der Waals surface area contributed by atoms with Crippen molar-refractivity contribution in [3.63, 3.8) is 0 Å². The van der Waals surface area contributed by atoms with Gasteiger partial charge in [-0.05, 0) is 18.1 Å². The molecule has 0 aliphatic heterocycles. The van der Waals surface area contributed by atoms with Crippen LogP contribution in [0.1, 0.15) is 11.1 Å². The van der Waals surface area contributed by atoms with E-state index in [4.69, 9.17) is 0 Å². The Kier molecular flexibility index (Phi) is 3.02. The number of rotatable bonds is 2. The minimum Gasteiger partial charge on any atom is -0.258 e. The Balaban J connectivity index is 3.13. The summed E-state index contributed by atoms with van der Waals surface area (Å²) >= 11 is 2.20. The molecule has 0 aliphatic carbocycles. The number of nitro benzene ring substituents is 1. The van der Waals surface area contributed by atoms with Gasteiger partial charge >= 0.3 is 0 Å². The molecular weight excluding hydrogens is 269 g/mol. The second-order valence-corrected chi connectivity index (χ2v) is 3.26. The third-order valence-corrected chi connectivity index (χ3v) is 2.51. The molecular formula is C8H8INO2. The van der Waals surface area contributed by atoms with E-state index in [9.17, 15) is 10.1 Å². The van der Waals surface area contributed by atoms with Crippen LogP contribution in [0.5, 0.6) is 0 Å². The number of alkyl halides is 1. The maximum absolute atomic E-state index is 10.4. The number of benzene rings is 1. The van der Waals surface area contributed by atoms with Gasteiger partial charge in [0.2, 0.25) is 0 Å². The van der Waals surface area contributed by atoms with Crippen LogP contribution in [-0.4, -0.2) is 4.92 Å². The van der Waals surface area contributed by atoms with Crippen LogP contribution in [0.3, 0.4) is 0 Å². The number of hydrogen-bond acceptors (Lipinski definition) is 2. The van der Waals surface area contributed by atoms with Crippen molar-refractivity contribution in [3.05, 3.63) is 39.4 Å². The molecule has 0 saturated heterocycles. The van der Waals surface area contributed by atoms with Crippen LogP contribution in [0.25, 0.3) is 0 Å². The van der Waals surface area contributed by atoms with Crippen molar-refractivity contribution in [2.45, 2.75) is 11.4 Å². The third-order valence-electron chi connectivity index (χ3n) is 1.69. The minimum atomic E-state index is -0.366. The smallest absolute Gasteiger partial charge is 0.258 e. The van der Waals surface area contributed by atoms with Gasteiger partial charge in [0, 0.05) is 16.6 Å². The molecule has 0 N–H and O–H groups in total. The van der Waals surface area contributed by atoms with Crippen molar-refractivity contribution >= 4 is 28.3 Å². The molecule has 1 rings (SSSR count). The van der Waals surface area contributed by atoms with Crippen LogP contribution in [0.2, 0.25) is 0 Å². The first-order valence-electron chi connectivity index (χ1n) is 3.45. The van der Waals surface area contributed by atoms with Crippen molar-refractivity contribution < 1.29 is 4.92 Å². The second-order valence-electron chi connectivity index (χ2n) is 2.50. The van der Waals surface area contributed by atoms with E-state index < -0.39 is 0 Å². The van der Waals surface area contributed by atoms with Crippen LogP contribution < -0.4 is 0 Å². The van der Waals surface area contributed by atoms with Gasteiger partial charge < -0.3 is 0 Å². The molecule has 0 atom stereocenters. The molecule has 4 heteroatoms. The highest BCUT2D eigenvalue weighted by Gasteiger charge is 2.06. The summed E-state index contributed by atoms with van der Waals surface area (Å²) in [5, 5.41) is 10.4. The first-order chi connectivity index (χ1) is 5.65. The lowest BCUT2D eigenvalue weighted by Gasteiger charge is -2.00. The van der Waals surface area contributed by atoms with Crippen LogP contribution >= 0.6 is 22.6 Å². The van der Waals surface area contributed by atoms with Crippen LogP contribution in [0.4, 0.5) is 5.69 Å². The fourth-order valence-electron chi connectivity index (χ4n) is 0.915. The standard InChI is InChI=1S/C8H8INO2/c1-6-2-3-8(10(11)12)4-7(6)5-9/h2-4H,5H2,1H3. The fourth-order valence-corrected chi connectivity index (χ4v) is 1.74. The summed E-state index contributed by atoms with van der Waals surface area (Å²) in [6.07, 6.45) is 0. The van der Waals surface area contributed by atoms with E-state index in [1.54, 1.807) is 12.1 Å². The Morgan fingerprint density at radius 3 is 2.75 bits per heavy atom. The average Bonchev–Trinajstić information content (AvgIpc) is 2.05. The first kappa shape index (κ1) is 9.44. The summed E-state index contributed by atoms with van der Waals surface area (Å²) < 4.78 is 0.811. The van der Waals surface area contributed by atoms with E-state index in [2.05, 4.69) is 22.6 Å². The molecule has 0 aromatic heterocycles. The molecule has 0 bridgehead atoms. The molecule has 0 fully saturated rings. The molecule has 0 radical (unpaired) electrons. The Labute approximate surface area is 84.1 Å². The Bertz CT molecular complexity index is 312. The monoisotopic (exact) mass is 277 g/mol. The minimum absolute atomic E-state index is 0.173. The lowest BCUT2D eigenvalue weighted by Crippen LogP contribution is -1.91. The Morgan fingerprint density at radius 2 is 2.25 bits per heavy atom. The van der Waals surface area contributed by atoms with Crippen molar-refractivity contribution in [1.29, 1.82) is 0 Å². The SMILES string of the molecule is Cc1ccc([N+](=O)[O-])cc1CI. The predicted molar refractivity (Wildman–Crippen MR) is 55.6 cm³/mol. The number of aryl methyl sites for hydroxylation is 1. The van der Waals surface area contributed by atoms with Crippen LogP contribution in [0, 0.1) is 17.0 Å². The largest absolute Gasteiger partial charge is 0.269 e. The highest BCUT2D eigenvalue weighted by atomic mass is 127. The van der Waals surface area contributed by atoms with E-state index in [1.165, 1.54) is 6.07 Å². The highest BCUT2D eigenvalue weighted by Crippen LogP contribution is 2.19. The lowest BCUT2D eigenvalue weighted by atomic mass is 10.1. The molecule has 0 spiro atoms. The fraction of sp³-hybridized carbons (Fsp3) is 0.250. The Hall–Kier alpha value is -0.650. The maximum Gasteiger partial charge on any atom is 0.269 e. The van der Waals surface area contributed by atoms with E-state index in [1.807, 2.05) is 6.92 Å². The molecule has 12 heavy (non-hydrogen) atoms. The molecule has 0 aliphatic rings. The molecule has 1 aromatic carbocycles. The first-order valence-corrected chi connectivity index (χ1v) is 4.97. The van der Waals surface area contributed by atoms with Gasteiger partial charge in [-0.25, -0.2) is 0 Å². The predicted octanol–water partition coefficient (Wildman–Crippen LogP) is 2.84. The normalized spacial score (nSPS) is 9.83. The van der Waals surface area contributed by atoms with Crippen molar-refractivity contribution in [2.75, 3.05) is 0 Å². The average molecular weight is 277 g/mol. The van der Waals surface area contributed by atoms with Crippen LogP contribution in [0.15, 0.2) is 18.2 Å². The summed E-state index contributed by atoms with van der Waals surface area (Å²) in [4.78, 5) is 10.0. The number of nitrogens with zero attached hydrogens (tertiary/aromatic N) is 1. The van der Waals surface area contributed by atoms with Crippen molar-refractivity contribution in [2.24, 2.45) is 0 Å². The topological polar surface area (TPSA) is 43.1 Å². The molecule has 3 nitrogen and oxygen atoms in total. The number of hydrogen-bond donors (Lipinski definition) is 0. The summed E-state index contributed by atoms with van der Waals surface area (Å²) in [6, 6.07) is 4.94. The molecule has 0 amide bonds. The molecule has 0 heterocycles. The van der Waals surface area contributed by atoms with Crippen LogP contribution in [-0.2, 0) is 4.43 Å². The van der Waals surface area contributed by atoms with Gasteiger partial charge in [0.1, 0.15) is 0 Å². The van der Waals surface area contributed by atoms with Gasteiger partial charge in [-0.2, -0.15) is 0 Å². The van der Waals surface area contributed by atoms with Gasteiger partial charge in [0.15, 0.2) is 0 Å². The maximum atomic E-state index is 10.4. The molecule has 64 valence electrons. The van der Waals surface area contributed by atoms with Gasteiger partial charge in [-0.3, -0.25) is 10.1 Å².